The van der Waals surface area contributed by atoms with Gasteiger partial charge in [-0.3, -0.25) is 4.79 Å². The number of nitrogens with one attached hydrogen (secondary N) is 1. The molecule has 2 rings (SSSR count). The third kappa shape index (κ3) is 2.36. The molecule has 1 amide bonds. The van der Waals surface area contributed by atoms with E-state index in [1.807, 2.05) is 24.3 Å². The highest BCUT2D eigenvalue weighted by Crippen LogP contribution is 2.23. The summed E-state index contributed by atoms with van der Waals surface area (Å²) in [5.41, 5.74) is 7.08. The Balaban J connectivity index is 2.11. The van der Waals surface area contributed by atoms with Crippen molar-refractivity contribution in [3.05, 3.63) is 35.4 Å². The SMILES string of the molecule is NC(=O)c1ccc(C2CCCNC2)cc1. The van der Waals surface area contributed by atoms with Crippen LogP contribution >= 0.6 is 0 Å². The van der Waals surface area contributed by atoms with E-state index in [1.165, 1.54) is 18.4 Å². The number of hydrogen-bond donors (Lipinski definition) is 2. The number of primary amides is 1. The maximum Gasteiger partial charge on any atom is 0.248 e. The van der Waals surface area contributed by atoms with E-state index in [0.29, 0.717) is 11.5 Å². The van der Waals surface area contributed by atoms with Crippen LogP contribution in [0.15, 0.2) is 24.3 Å². The minimum absolute atomic E-state index is 0.358. The summed E-state index contributed by atoms with van der Waals surface area (Å²) >= 11 is 0. The van der Waals surface area contributed by atoms with Crippen molar-refractivity contribution in [2.75, 3.05) is 13.1 Å². The number of amides is 1. The van der Waals surface area contributed by atoms with Crippen molar-refractivity contribution in [2.45, 2.75) is 18.8 Å². The van der Waals surface area contributed by atoms with E-state index in [-0.39, 0.29) is 5.91 Å². The molecule has 0 bridgehead atoms. The number of nitrogens with two attached hydrogens (primary N) is 1. The van der Waals surface area contributed by atoms with E-state index in [9.17, 15) is 4.79 Å². The summed E-state index contributed by atoms with van der Waals surface area (Å²) in [7, 11) is 0. The van der Waals surface area contributed by atoms with Gasteiger partial charge in [-0.2, -0.15) is 0 Å². The lowest BCUT2D eigenvalue weighted by molar-refractivity contribution is 0.100. The molecule has 1 fully saturated rings. The van der Waals surface area contributed by atoms with Gasteiger partial charge in [0.25, 0.3) is 0 Å². The molecule has 0 saturated carbocycles. The molecule has 1 aliphatic rings. The van der Waals surface area contributed by atoms with Gasteiger partial charge in [-0.15, -0.1) is 0 Å². The molecule has 1 unspecified atom stereocenters. The first-order valence-corrected chi connectivity index (χ1v) is 5.38. The van der Waals surface area contributed by atoms with E-state index < -0.39 is 0 Å². The van der Waals surface area contributed by atoms with Gasteiger partial charge in [0.1, 0.15) is 0 Å². The standard InChI is InChI=1S/C12H16N2O/c13-12(15)10-5-3-9(4-6-10)11-2-1-7-14-8-11/h3-6,11,14H,1-2,7-8H2,(H2,13,15). The Hall–Kier alpha value is -1.35. The molecule has 0 spiro atoms. The highest BCUT2D eigenvalue weighted by atomic mass is 16.1. The summed E-state index contributed by atoms with van der Waals surface area (Å²) in [4.78, 5) is 10.9. The lowest BCUT2D eigenvalue weighted by atomic mass is 9.91. The predicted molar refractivity (Wildman–Crippen MR) is 59.8 cm³/mol. The fraction of sp³-hybridized carbons (Fsp3) is 0.417. The van der Waals surface area contributed by atoms with E-state index >= 15 is 0 Å². The molecule has 1 atom stereocenters. The topological polar surface area (TPSA) is 55.1 Å². The quantitative estimate of drug-likeness (QED) is 0.761. The number of piperidine rings is 1. The molecule has 15 heavy (non-hydrogen) atoms. The van der Waals surface area contributed by atoms with Crippen molar-refractivity contribution >= 4 is 5.91 Å². The van der Waals surface area contributed by atoms with Crippen LogP contribution in [0.1, 0.15) is 34.7 Å². The highest BCUT2D eigenvalue weighted by molar-refractivity contribution is 5.92. The van der Waals surface area contributed by atoms with Gasteiger partial charge in [-0.25, -0.2) is 0 Å². The molecule has 0 aliphatic carbocycles. The van der Waals surface area contributed by atoms with Crippen molar-refractivity contribution in [1.82, 2.24) is 5.32 Å². The van der Waals surface area contributed by atoms with Gasteiger partial charge in [0.15, 0.2) is 0 Å². The van der Waals surface area contributed by atoms with Crippen LogP contribution in [-0.4, -0.2) is 19.0 Å². The van der Waals surface area contributed by atoms with Crippen LogP contribution in [0.4, 0.5) is 0 Å². The van der Waals surface area contributed by atoms with Crippen molar-refractivity contribution in [2.24, 2.45) is 5.73 Å². The average Bonchev–Trinajstić information content (AvgIpc) is 2.30. The first-order valence-electron chi connectivity index (χ1n) is 5.38. The second-order valence-electron chi connectivity index (χ2n) is 4.03. The van der Waals surface area contributed by atoms with Crippen LogP contribution in [0, 0.1) is 0 Å². The minimum Gasteiger partial charge on any atom is -0.366 e. The third-order valence-electron chi connectivity index (χ3n) is 2.96. The fourth-order valence-corrected chi connectivity index (χ4v) is 2.06. The van der Waals surface area contributed by atoms with Gasteiger partial charge < -0.3 is 11.1 Å². The number of hydrogen-bond acceptors (Lipinski definition) is 2. The molecule has 3 nitrogen and oxygen atoms in total. The smallest absolute Gasteiger partial charge is 0.248 e. The first-order chi connectivity index (χ1) is 7.27. The zero-order chi connectivity index (χ0) is 10.7. The van der Waals surface area contributed by atoms with E-state index in [0.717, 1.165) is 13.1 Å². The summed E-state index contributed by atoms with van der Waals surface area (Å²) in [6, 6.07) is 7.65. The summed E-state index contributed by atoms with van der Waals surface area (Å²) in [5.74, 6) is 0.226. The summed E-state index contributed by atoms with van der Waals surface area (Å²) < 4.78 is 0. The Morgan fingerprint density at radius 1 is 1.33 bits per heavy atom. The Morgan fingerprint density at radius 2 is 2.07 bits per heavy atom. The molecular weight excluding hydrogens is 188 g/mol. The minimum atomic E-state index is -0.358. The first kappa shape index (κ1) is 10.2. The second-order valence-corrected chi connectivity index (χ2v) is 4.03. The Morgan fingerprint density at radius 3 is 2.60 bits per heavy atom. The monoisotopic (exact) mass is 204 g/mol. The molecule has 1 heterocycles. The Bertz CT molecular complexity index is 339. The van der Waals surface area contributed by atoms with Crippen LogP contribution < -0.4 is 11.1 Å². The number of benzene rings is 1. The highest BCUT2D eigenvalue weighted by Gasteiger charge is 2.14. The van der Waals surface area contributed by atoms with Crippen molar-refractivity contribution in [3.63, 3.8) is 0 Å². The normalized spacial score (nSPS) is 21.2. The lowest BCUT2D eigenvalue weighted by Gasteiger charge is -2.23. The second kappa shape index (κ2) is 4.45. The number of carbonyl (C=O) groups is 1. The Labute approximate surface area is 89.7 Å². The maximum atomic E-state index is 10.9. The summed E-state index contributed by atoms with van der Waals surface area (Å²) in [5, 5.41) is 3.38. The molecule has 0 aromatic heterocycles. The Kier molecular flexibility index (Phi) is 3.02. The molecule has 0 radical (unpaired) electrons. The van der Waals surface area contributed by atoms with Crippen molar-refractivity contribution in [3.8, 4) is 0 Å². The van der Waals surface area contributed by atoms with Gasteiger partial charge in [0.05, 0.1) is 0 Å². The molecule has 1 aromatic rings. The molecule has 1 aliphatic heterocycles. The number of carbonyl (C=O) groups excluding carboxylic acids is 1. The van der Waals surface area contributed by atoms with E-state index in [2.05, 4.69) is 5.32 Å². The summed E-state index contributed by atoms with van der Waals surface area (Å²) in [6.45, 7) is 2.16. The zero-order valence-electron chi connectivity index (χ0n) is 8.70. The van der Waals surface area contributed by atoms with Crippen LogP contribution in [0.5, 0.6) is 0 Å². The number of rotatable bonds is 2. The predicted octanol–water partition coefficient (Wildman–Crippen LogP) is 1.25. The van der Waals surface area contributed by atoms with Crippen LogP contribution in [0.3, 0.4) is 0 Å². The van der Waals surface area contributed by atoms with Gasteiger partial charge in [-0.1, -0.05) is 12.1 Å². The van der Waals surface area contributed by atoms with Crippen molar-refractivity contribution < 1.29 is 4.79 Å². The van der Waals surface area contributed by atoms with Crippen LogP contribution in [-0.2, 0) is 0 Å². The molecular formula is C12H16N2O. The van der Waals surface area contributed by atoms with E-state index in [4.69, 9.17) is 5.73 Å². The largest absolute Gasteiger partial charge is 0.366 e. The van der Waals surface area contributed by atoms with Crippen molar-refractivity contribution in [1.29, 1.82) is 0 Å². The summed E-state index contributed by atoms with van der Waals surface area (Å²) in [6.07, 6.45) is 2.45. The molecule has 1 saturated heterocycles. The van der Waals surface area contributed by atoms with Gasteiger partial charge >= 0.3 is 0 Å². The van der Waals surface area contributed by atoms with Gasteiger partial charge in [-0.05, 0) is 43.0 Å². The maximum absolute atomic E-state index is 10.9. The third-order valence-corrected chi connectivity index (χ3v) is 2.96. The van der Waals surface area contributed by atoms with Crippen LogP contribution in [0.25, 0.3) is 0 Å². The van der Waals surface area contributed by atoms with E-state index in [1.54, 1.807) is 0 Å². The molecule has 80 valence electrons. The molecule has 3 heteroatoms. The molecule has 1 aromatic carbocycles. The molecule has 3 N–H and O–H groups in total. The zero-order valence-corrected chi connectivity index (χ0v) is 8.70. The average molecular weight is 204 g/mol. The lowest BCUT2D eigenvalue weighted by Crippen LogP contribution is -2.28. The van der Waals surface area contributed by atoms with Gasteiger partial charge in [0, 0.05) is 12.1 Å². The fourth-order valence-electron chi connectivity index (χ4n) is 2.06. The van der Waals surface area contributed by atoms with Crippen LogP contribution in [0.2, 0.25) is 0 Å². The van der Waals surface area contributed by atoms with Gasteiger partial charge in [0.2, 0.25) is 5.91 Å².